The van der Waals surface area contributed by atoms with Gasteiger partial charge in [-0.2, -0.15) is 0 Å². The molecule has 3 atom stereocenters. The lowest BCUT2D eigenvalue weighted by Crippen LogP contribution is -2.61. The molecule has 2 aliphatic heterocycles. The largest absolute Gasteiger partial charge is 0.423 e. The van der Waals surface area contributed by atoms with Crippen LogP contribution in [0.4, 0.5) is 5.69 Å². The molecule has 2 aliphatic rings. The van der Waals surface area contributed by atoms with E-state index in [1.807, 2.05) is 0 Å². The topological polar surface area (TPSA) is 143 Å². The van der Waals surface area contributed by atoms with Crippen molar-refractivity contribution in [3.05, 3.63) is 40.8 Å². The molecule has 1 aromatic carbocycles. The zero-order chi connectivity index (χ0) is 22.7. The van der Waals surface area contributed by atoms with Gasteiger partial charge in [0.15, 0.2) is 9.84 Å². The standard InChI is InChI=1S/C20H21N3O7S/c1-10(18(26)22-12-5-6-13-11(8-12)4-7-16(25)30-13)21-19(27)17-20(2,3)31(28,29)15-9-14(24)23(15)17/h4-8,10,15,17H,9H2,1-3H3,(H,21,27)(H,22,26). The number of benzene rings is 1. The van der Waals surface area contributed by atoms with Crippen molar-refractivity contribution in [3.8, 4) is 0 Å². The third-order valence-electron chi connectivity index (χ3n) is 5.86. The molecule has 3 amide bonds. The van der Waals surface area contributed by atoms with E-state index in [1.54, 1.807) is 18.2 Å². The summed E-state index contributed by atoms with van der Waals surface area (Å²) in [5, 5.41) is 4.78. The second-order valence-corrected chi connectivity index (χ2v) is 10.9. The van der Waals surface area contributed by atoms with Crippen molar-refractivity contribution in [3.63, 3.8) is 0 Å². The highest BCUT2D eigenvalue weighted by Crippen LogP contribution is 2.45. The first-order chi connectivity index (χ1) is 14.4. The number of hydrogen-bond acceptors (Lipinski definition) is 7. The van der Waals surface area contributed by atoms with Crippen molar-refractivity contribution in [1.29, 1.82) is 0 Å². The fourth-order valence-corrected chi connectivity index (χ4v) is 6.15. The van der Waals surface area contributed by atoms with E-state index >= 15 is 0 Å². The van der Waals surface area contributed by atoms with Crippen LogP contribution in [0.2, 0.25) is 0 Å². The summed E-state index contributed by atoms with van der Waals surface area (Å²) in [6.07, 6.45) is -0.131. The molecule has 10 nitrogen and oxygen atoms in total. The smallest absolute Gasteiger partial charge is 0.336 e. The molecule has 0 saturated carbocycles. The van der Waals surface area contributed by atoms with Crippen molar-refractivity contribution in [1.82, 2.24) is 10.2 Å². The molecule has 4 rings (SSSR count). The average molecular weight is 447 g/mol. The van der Waals surface area contributed by atoms with Crippen molar-refractivity contribution in [2.45, 2.75) is 49.4 Å². The van der Waals surface area contributed by atoms with Crippen molar-refractivity contribution in [2.24, 2.45) is 0 Å². The Morgan fingerprint density at radius 1 is 1.19 bits per heavy atom. The summed E-state index contributed by atoms with van der Waals surface area (Å²) in [6.45, 7) is 4.28. The molecule has 2 N–H and O–H groups in total. The normalized spacial score (nSPS) is 24.2. The number of amides is 3. The summed E-state index contributed by atoms with van der Waals surface area (Å²) in [5.74, 6) is -1.64. The maximum atomic E-state index is 12.9. The molecule has 0 bridgehead atoms. The highest BCUT2D eigenvalue weighted by atomic mass is 32.2. The lowest BCUT2D eigenvalue weighted by molar-refractivity contribution is -0.150. The molecule has 3 unspecified atom stereocenters. The maximum Gasteiger partial charge on any atom is 0.336 e. The number of sulfone groups is 1. The summed E-state index contributed by atoms with van der Waals surface area (Å²) in [4.78, 5) is 49.8. The Hall–Kier alpha value is -3.21. The summed E-state index contributed by atoms with van der Waals surface area (Å²) in [5.41, 5.74) is 0.305. The summed E-state index contributed by atoms with van der Waals surface area (Å²) in [7, 11) is -3.71. The molecule has 0 spiro atoms. The van der Waals surface area contributed by atoms with Crippen LogP contribution >= 0.6 is 0 Å². The third-order valence-corrected chi connectivity index (χ3v) is 8.66. The Balaban J connectivity index is 1.48. The van der Waals surface area contributed by atoms with E-state index in [0.717, 1.165) is 4.90 Å². The van der Waals surface area contributed by atoms with Crippen LogP contribution in [-0.4, -0.2) is 53.2 Å². The number of nitrogens with one attached hydrogen (secondary N) is 2. The van der Waals surface area contributed by atoms with Crippen molar-refractivity contribution >= 4 is 44.2 Å². The SMILES string of the molecule is CC(NC(=O)C1N2C(=O)CC2S(=O)(=O)C1(C)C)C(=O)Nc1ccc2oc(=O)ccc2c1. The van der Waals surface area contributed by atoms with Gasteiger partial charge in [0.05, 0.1) is 11.2 Å². The van der Waals surface area contributed by atoms with Crippen molar-refractivity contribution < 1.29 is 27.2 Å². The van der Waals surface area contributed by atoms with Gasteiger partial charge in [0, 0.05) is 17.1 Å². The number of rotatable bonds is 4. The Morgan fingerprint density at radius 2 is 1.90 bits per heavy atom. The van der Waals surface area contributed by atoms with Gasteiger partial charge in [-0.25, -0.2) is 13.2 Å². The fourth-order valence-electron chi connectivity index (χ4n) is 4.01. The van der Waals surface area contributed by atoms with E-state index < -0.39 is 55.4 Å². The molecule has 164 valence electrons. The minimum atomic E-state index is -3.71. The van der Waals surface area contributed by atoms with Crippen LogP contribution in [0, 0.1) is 0 Å². The number of fused-ring (bicyclic) bond motifs is 2. The number of β-lactam (4-membered cyclic amide) rings is 1. The Bertz CT molecular complexity index is 1280. The summed E-state index contributed by atoms with van der Waals surface area (Å²) < 4.78 is 28.9. The molecular formula is C20H21N3O7S. The third kappa shape index (κ3) is 3.19. The number of hydrogen-bond donors (Lipinski definition) is 2. The van der Waals surface area contributed by atoms with E-state index in [4.69, 9.17) is 4.42 Å². The van der Waals surface area contributed by atoms with E-state index in [-0.39, 0.29) is 6.42 Å². The number of nitrogens with zero attached hydrogens (tertiary/aromatic N) is 1. The number of anilines is 1. The number of carbonyl (C=O) groups is 3. The van der Waals surface area contributed by atoms with E-state index in [9.17, 15) is 27.6 Å². The lowest BCUT2D eigenvalue weighted by Gasteiger charge is -2.37. The molecule has 31 heavy (non-hydrogen) atoms. The maximum absolute atomic E-state index is 12.9. The van der Waals surface area contributed by atoms with Crippen LogP contribution in [0.15, 0.2) is 39.5 Å². The molecule has 11 heteroatoms. The monoisotopic (exact) mass is 447 g/mol. The molecule has 2 saturated heterocycles. The van der Waals surface area contributed by atoms with Crippen LogP contribution < -0.4 is 16.3 Å². The molecule has 0 aliphatic carbocycles. The second kappa shape index (κ2) is 6.91. The van der Waals surface area contributed by atoms with Crippen LogP contribution in [0.5, 0.6) is 0 Å². The first kappa shape index (κ1) is 21.0. The predicted molar refractivity (Wildman–Crippen MR) is 111 cm³/mol. The van der Waals surface area contributed by atoms with E-state index in [1.165, 1.54) is 32.9 Å². The van der Waals surface area contributed by atoms with Gasteiger partial charge in [0.25, 0.3) is 0 Å². The highest BCUT2D eigenvalue weighted by Gasteiger charge is 2.67. The Kier molecular flexibility index (Phi) is 4.69. The van der Waals surface area contributed by atoms with Gasteiger partial charge in [0.2, 0.25) is 17.7 Å². The van der Waals surface area contributed by atoms with Gasteiger partial charge in [-0.05, 0) is 45.0 Å². The zero-order valence-corrected chi connectivity index (χ0v) is 17.9. The molecule has 1 aromatic heterocycles. The summed E-state index contributed by atoms with van der Waals surface area (Å²) in [6, 6.07) is 5.32. The molecule has 0 radical (unpaired) electrons. The van der Waals surface area contributed by atoms with Crippen LogP contribution in [0.1, 0.15) is 27.2 Å². The first-order valence-corrected chi connectivity index (χ1v) is 11.2. The zero-order valence-electron chi connectivity index (χ0n) is 17.0. The van der Waals surface area contributed by atoms with Gasteiger partial charge < -0.3 is 20.0 Å². The average Bonchev–Trinajstić information content (AvgIpc) is 2.81. The lowest BCUT2D eigenvalue weighted by atomic mass is 9.97. The quantitative estimate of drug-likeness (QED) is 0.509. The van der Waals surface area contributed by atoms with Gasteiger partial charge in [0.1, 0.15) is 23.0 Å². The van der Waals surface area contributed by atoms with Gasteiger partial charge in [-0.1, -0.05) is 0 Å². The molecular weight excluding hydrogens is 426 g/mol. The number of carbonyl (C=O) groups excluding carboxylic acids is 3. The van der Waals surface area contributed by atoms with Crippen molar-refractivity contribution in [2.75, 3.05) is 5.32 Å². The van der Waals surface area contributed by atoms with E-state index in [2.05, 4.69) is 10.6 Å². The Morgan fingerprint density at radius 3 is 2.58 bits per heavy atom. The fraction of sp³-hybridized carbons (Fsp3) is 0.400. The van der Waals surface area contributed by atoms with E-state index in [0.29, 0.717) is 16.7 Å². The van der Waals surface area contributed by atoms with Gasteiger partial charge in [-0.15, -0.1) is 0 Å². The molecule has 2 fully saturated rings. The van der Waals surface area contributed by atoms with Crippen LogP contribution in [-0.2, 0) is 24.2 Å². The highest BCUT2D eigenvalue weighted by molar-refractivity contribution is 7.93. The molecule has 3 heterocycles. The minimum absolute atomic E-state index is 0.131. The van der Waals surface area contributed by atoms with Crippen LogP contribution in [0.25, 0.3) is 11.0 Å². The Labute approximate surface area is 177 Å². The predicted octanol–water partition coefficient (Wildman–Crippen LogP) is 0.370. The second-order valence-electron chi connectivity index (χ2n) is 8.24. The summed E-state index contributed by atoms with van der Waals surface area (Å²) >= 11 is 0. The van der Waals surface area contributed by atoms with Gasteiger partial charge >= 0.3 is 5.63 Å². The first-order valence-electron chi connectivity index (χ1n) is 9.63. The van der Waals surface area contributed by atoms with Gasteiger partial charge in [-0.3, -0.25) is 14.4 Å². The minimum Gasteiger partial charge on any atom is -0.423 e. The van der Waals surface area contributed by atoms with Crippen LogP contribution in [0.3, 0.4) is 0 Å². The molecule has 2 aromatic rings.